The molecule has 8 atom stereocenters. The normalized spacial score (nSPS) is 44.7. The molecule has 0 heterocycles. The average Bonchev–Trinajstić information content (AvgIpc) is 3.08. The van der Waals surface area contributed by atoms with E-state index in [0.717, 1.165) is 36.0 Å². The molecule has 0 aromatic rings. The van der Waals surface area contributed by atoms with Crippen molar-refractivity contribution in [1.82, 2.24) is 0 Å². The number of carbonyl (C=O) groups excluding carboxylic acids is 1. The number of Topliss-reactive ketones (excluding diaryl/α,β-unsaturated/α-hetero) is 1. The quantitative estimate of drug-likeness (QED) is 0.364. The highest BCUT2D eigenvalue weighted by Gasteiger charge is 2.60. The summed E-state index contributed by atoms with van der Waals surface area (Å²) in [6.45, 7) is 11.0. The van der Waals surface area contributed by atoms with Crippen molar-refractivity contribution in [2.45, 2.75) is 117 Å². The van der Waals surface area contributed by atoms with Crippen LogP contribution in [0.25, 0.3) is 0 Å². The van der Waals surface area contributed by atoms with Crippen LogP contribution in [0.5, 0.6) is 0 Å². The lowest BCUT2D eigenvalue weighted by Crippen LogP contribution is -2.53. The summed E-state index contributed by atoms with van der Waals surface area (Å²) < 4.78 is 0. The molecule has 4 aliphatic rings. The van der Waals surface area contributed by atoms with Crippen LogP contribution in [0.2, 0.25) is 0 Å². The summed E-state index contributed by atoms with van der Waals surface area (Å²) in [5, 5.41) is 9.03. The smallest absolute Gasteiger partial charge is 0.167 e. The van der Waals surface area contributed by atoms with Gasteiger partial charge in [0.05, 0.1) is 0 Å². The van der Waals surface area contributed by atoms with E-state index in [4.69, 9.17) is 5.26 Å². The van der Waals surface area contributed by atoms with Gasteiger partial charge >= 0.3 is 0 Å². The number of rotatable bonds is 6. The van der Waals surface area contributed by atoms with Gasteiger partial charge < -0.3 is 0 Å². The first-order valence-electron chi connectivity index (χ1n) is 13.0. The zero-order valence-electron chi connectivity index (χ0n) is 20.2. The van der Waals surface area contributed by atoms with Gasteiger partial charge in [-0.1, -0.05) is 33.6 Å². The first-order valence-corrected chi connectivity index (χ1v) is 13.0. The molecule has 0 radical (unpaired) electrons. The summed E-state index contributed by atoms with van der Waals surface area (Å²) in [6, 6.07) is 0. The SMILES string of the molecule is C[C@H](CCC(=O)C(C)(C)OO)[C@H]1CC[C@H]2[C@@H]3CCC4CCCC[C@]4(C)[C@H]3CC[C@]12C. The molecule has 0 aliphatic heterocycles. The Labute approximate surface area is 184 Å². The molecule has 4 aliphatic carbocycles. The van der Waals surface area contributed by atoms with Crippen LogP contribution in [0.4, 0.5) is 0 Å². The van der Waals surface area contributed by atoms with Crippen molar-refractivity contribution in [1.29, 1.82) is 0 Å². The Morgan fingerprint density at radius 2 is 1.73 bits per heavy atom. The monoisotopic (exact) mass is 418 g/mol. The second-order valence-corrected chi connectivity index (χ2v) is 12.7. The summed E-state index contributed by atoms with van der Waals surface area (Å²) in [5.74, 6) is 5.13. The van der Waals surface area contributed by atoms with Gasteiger partial charge in [-0.3, -0.25) is 10.1 Å². The molecular weight excluding hydrogens is 372 g/mol. The number of hydrogen-bond acceptors (Lipinski definition) is 3. The van der Waals surface area contributed by atoms with Crippen molar-refractivity contribution in [3.63, 3.8) is 0 Å². The second kappa shape index (κ2) is 8.18. The summed E-state index contributed by atoms with van der Waals surface area (Å²) in [5.41, 5.74) is 0.00690. The molecule has 3 heteroatoms. The maximum Gasteiger partial charge on any atom is 0.167 e. The highest BCUT2D eigenvalue weighted by molar-refractivity contribution is 5.86. The maximum absolute atomic E-state index is 12.4. The third kappa shape index (κ3) is 3.60. The molecular formula is C27H46O3. The van der Waals surface area contributed by atoms with Crippen molar-refractivity contribution in [2.24, 2.45) is 46.3 Å². The Morgan fingerprint density at radius 3 is 2.47 bits per heavy atom. The fourth-order valence-corrected chi connectivity index (χ4v) is 9.18. The van der Waals surface area contributed by atoms with Crippen molar-refractivity contribution < 1.29 is 14.9 Å². The van der Waals surface area contributed by atoms with Crippen LogP contribution in [0, 0.1) is 46.3 Å². The number of carbonyl (C=O) groups is 1. The van der Waals surface area contributed by atoms with Gasteiger partial charge in [0.15, 0.2) is 11.4 Å². The summed E-state index contributed by atoms with van der Waals surface area (Å²) in [4.78, 5) is 16.9. The number of ketones is 1. The van der Waals surface area contributed by atoms with E-state index in [1.807, 2.05) is 0 Å². The Kier molecular flexibility index (Phi) is 6.21. The van der Waals surface area contributed by atoms with Gasteiger partial charge in [-0.25, -0.2) is 4.89 Å². The molecule has 1 unspecified atom stereocenters. The molecule has 0 spiro atoms. The van der Waals surface area contributed by atoms with E-state index in [1.54, 1.807) is 13.8 Å². The molecule has 4 saturated carbocycles. The Bertz CT molecular complexity index is 642. The van der Waals surface area contributed by atoms with Crippen LogP contribution in [0.3, 0.4) is 0 Å². The molecule has 0 saturated heterocycles. The van der Waals surface area contributed by atoms with Gasteiger partial charge in [0.25, 0.3) is 0 Å². The lowest BCUT2D eigenvalue weighted by atomic mass is 9.44. The maximum atomic E-state index is 12.4. The van der Waals surface area contributed by atoms with Crippen LogP contribution in [0.1, 0.15) is 112 Å². The molecule has 4 rings (SSSR count). The molecule has 0 bridgehead atoms. The van der Waals surface area contributed by atoms with Crippen molar-refractivity contribution in [2.75, 3.05) is 0 Å². The Morgan fingerprint density at radius 1 is 1.00 bits per heavy atom. The van der Waals surface area contributed by atoms with Gasteiger partial charge in [-0.15, -0.1) is 0 Å². The summed E-state index contributed by atoms with van der Waals surface area (Å²) in [7, 11) is 0. The predicted octanol–water partition coefficient (Wildman–Crippen LogP) is 7.29. The van der Waals surface area contributed by atoms with E-state index in [2.05, 4.69) is 25.7 Å². The number of fused-ring (bicyclic) bond motifs is 5. The van der Waals surface area contributed by atoms with Crippen molar-refractivity contribution >= 4 is 5.78 Å². The fraction of sp³-hybridized carbons (Fsp3) is 0.963. The minimum atomic E-state index is -1.08. The highest BCUT2D eigenvalue weighted by atomic mass is 17.1. The predicted molar refractivity (Wildman–Crippen MR) is 121 cm³/mol. The van der Waals surface area contributed by atoms with Gasteiger partial charge in [-0.05, 0) is 118 Å². The number of hydrogen-bond donors (Lipinski definition) is 1. The highest BCUT2D eigenvalue weighted by Crippen LogP contribution is 2.68. The van der Waals surface area contributed by atoms with Crippen molar-refractivity contribution in [3.8, 4) is 0 Å². The van der Waals surface area contributed by atoms with Gasteiger partial charge in [0, 0.05) is 6.42 Å². The third-order valence-corrected chi connectivity index (χ3v) is 11.1. The molecule has 0 amide bonds. The minimum Gasteiger partial charge on any atom is -0.296 e. The second-order valence-electron chi connectivity index (χ2n) is 12.7. The van der Waals surface area contributed by atoms with E-state index < -0.39 is 5.60 Å². The molecule has 0 aromatic heterocycles. The zero-order chi connectivity index (χ0) is 21.7. The van der Waals surface area contributed by atoms with Crippen LogP contribution >= 0.6 is 0 Å². The topological polar surface area (TPSA) is 46.5 Å². The fourth-order valence-electron chi connectivity index (χ4n) is 9.18. The van der Waals surface area contributed by atoms with Crippen LogP contribution < -0.4 is 0 Å². The first kappa shape index (κ1) is 22.8. The molecule has 4 fully saturated rings. The van der Waals surface area contributed by atoms with E-state index in [-0.39, 0.29) is 5.78 Å². The Balaban J connectivity index is 1.44. The van der Waals surface area contributed by atoms with Gasteiger partial charge in [-0.2, -0.15) is 0 Å². The average molecular weight is 419 g/mol. The van der Waals surface area contributed by atoms with E-state index in [9.17, 15) is 4.79 Å². The Hall–Kier alpha value is -0.410. The molecule has 30 heavy (non-hydrogen) atoms. The van der Waals surface area contributed by atoms with Crippen LogP contribution in [-0.4, -0.2) is 16.6 Å². The zero-order valence-corrected chi connectivity index (χ0v) is 20.2. The molecule has 1 N–H and O–H groups in total. The van der Waals surface area contributed by atoms with E-state index >= 15 is 0 Å². The lowest BCUT2D eigenvalue weighted by Gasteiger charge is -2.61. The van der Waals surface area contributed by atoms with E-state index in [0.29, 0.717) is 23.2 Å². The van der Waals surface area contributed by atoms with Crippen LogP contribution in [-0.2, 0) is 9.68 Å². The lowest BCUT2D eigenvalue weighted by molar-refractivity contribution is -0.301. The third-order valence-electron chi connectivity index (χ3n) is 11.1. The summed E-state index contributed by atoms with van der Waals surface area (Å²) >= 11 is 0. The molecule has 3 nitrogen and oxygen atoms in total. The first-order chi connectivity index (χ1) is 14.1. The molecule has 0 aromatic carbocycles. The van der Waals surface area contributed by atoms with Crippen molar-refractivity contribution in [3.05, 3.63) is 0 Å². The van der Waals surface area contributed by atoms with E-state index in [1.165, 1.54) is 64.2 Å². The largest absolute Gasteiger partial charge is 0.296 e. The van der Waals surface area contributed by atoms with Crippen LogP contribution in [0.15, 0.2) is 0 Å². The minimum absolute atomic E-state index is 0.0174. The van der Waals surface area contributed by atoms with Gasteiger partial charge in [0.2, 0.25) is 0 Å². The summed E-state index contributed by atoms with van der Waals surface area (Å²) in [6.07, 6.45) is 15.9. The standard InChI is InChI=1S/C27H46O3/c1-18(9-14-24(28)25(2,3)30-29)21-12-13-22-20-11-10-19-8-6-7-16-26(19,4)23(20)15-17-27(21,22)5/h18-23,29H,6-17H2,1-5H3/t18-,19?,20+,21-,22+,23+,26+,27-/m1/s1. The van der Waals surface area contributed by atoms with Gasteiger partial charge in [0.1, 0.15) is 0 Å². The molecule has 172 valence electrons.